The minimum Gasteiger partial charge on any atom is -0.383 e. The van der Waals surface area contributed by atoms with Gasteiger partial charge in [0.1, 0.15) is 22.6 Å². The van der Waals surface area contributed by atoms with E-state index in [4.69, 9.17) is 17.3 Å². The van der Waals surface area contributed by atoms with Crippen molar-refractivity contribution in [1.82, 2.24) is 9.78 Å². The molecule has 1 aromatic carbocycles. The number of benzene rings is 1. The van der Waals surface area contributed by atoms with Gasteiger partial charge in [-0.15, -0.1) is 0 Å². The van der Waals surface area contributed by atoms with Crippen molar-refractivity contribution in [2.45, 2.75) is 18.4 Å². The lowest BCUT2D eigenvalue weighted by atomic mass is 10.1. The summed E-state index contributed by atoms with van der Waals surface area (Å²) in [4.78, 5) is 0. The molecule has 0 bridgehead atoms. The SMILES string of the molecule is Nc1c(C(F)(F)F)c(=S=O)[nH]n1-c1cc2c(cc1Cl)C(F)(F)OC2(F)F. The second-order valence-corrected chi connectivity index (χ2v) is 6.08. The smallest absolute Gasteiger partial charge is 0.383 e. The molecule has 0 spiro atoms. The predicted octanol–water partition coefficient (Wildman–Crippen LogP) is 3.93. The molecule has 1 aliphatic rings. The quantitative estimate of drug-likeness (QED) is 0.539. The van der Waals surface area contributed by atoms with Crippen LogP contribution in [0.15, 0.2) is 12.1 Å². The lowest BCUT2D eigenvalue weighted by Crippen LogP contribution is -2.17. The Balaban J connectivity index is 2.32. The summed E-state index contributed by atoms with van der Waals surface area (Å²) in [7, 11) is 0. The van der Waals surface area contributed by atoms with Crippen LogP contribution in [0, 0.1) is 4.64 Å². The van der Waals surface area contributed by atoms with E-state index in [1.54, 1.807) is 0 Å². The highest BCUT2D eigenvalue weighted by atomic mass is 35.5. The van der Waals surface area contributed by atoms with Crippen LogP contribution >= 0.6 is 11.6 Å². The molecule has 0 atom stereocenters. The maximum Gasteiger partial charge on any atom is 0.422 e. The standard InChI is InChI=1S/C12H5ClF7N3O2S/c13-5-1-3-4(12(19,20)25-11(3,17)18)2-6(5)23-8(21)7(10(14,15)16)9(22-23)26-24/h1-2,22H,21H2. The Morgan fingerprint density at radius 2 is 1.69 bits per heavy atom. The molecule has 0 radical (unpaired) electrons. The number of rotatable bonds is 1. The number of hydrogen-bond acceptors (Lipinski definition) is 3. The first-order valence-electron chi connectivity index (χ1n) is 6.41. The number of nitrogens with zero attached hydrogens (tertiary/aromatic N) is 1. The van der Waals surface area contributed by atoms with Crippen LogP contribution in [0.5, 0.6) is 0 Å². The molecule has 0 saturated carbocycles. The fourth-order valence-electron chi connectivity index (χ4n) is 2.46. The lowest BCUT2D eigenvalue weighted by molar-refractivity contribution is -0.369. The molecule has 3 N–H and O–H groups in total. The second-order valence-electron chi connectivity index (χ2n) is 5.10. The number of H-pyrrole nitrogens is 1. The van der Waals surface area contributed by atoms with Crippen LogP contribution < -0.4 is 5.73 Å². The largest absolute Gasteiger partial charge is 0.422 e. The average Bonchev–Trinajstić information content (AvgIpc) is 2.90. The zero-order chi connectivity index (χ0) is 19.7. The molecule has 1 aliphatic heterocycles. The minimum atomic E-state index is -5.04. The Bertz CT molecular complexity index is 1010. The Morgan fingerprint density at radius 3 is 2.15 bits per heavy atom. The van der Waals surface area contributed by atoms with Crippen LogP contribution in [0.1, 0.15) is 16.7 Å². The van der Waals surface area contributed by atoms with Crippen molar-refractivity contribution in [3.05, 3.63) is 38.5 Å². The van der Waals surface area contributed by atoms with Crippen LogP contribution in [0.4, 0.5) is 36.6 Å². The van der Waals surface area contributed by atoms with Crippen LogP contribution in [-0.2, 0) is 34.4 Å². The van der Waals surface area contributed by atoms with Crippen molar-refractivity contribution < 1.29 is 39.7 Å². The summed E-state index contributed by atoms with van der Waals surface area (Å²) in [6.07, 6.45) is -13.8. The van der Waals surface area contributed by atoms with Gasteiger partial charge in [-0.05, 0) is 12.1 Å². The Kier molecular flexibility index (Phi) is 3.98. The summed E-state index contributed by atoms with van der Waals surface area (Å²) in [5.74, 6) is -1.06. The van der Waals surface area contributed by atoms with E-state index in [0.29, 0.717) is 16.8 Å². The van der Waals surface area contributed by atoms with Crippen LogP contribution in [0.2, 0.25) is 5.02 Å². The number of nitrogens with two attached hydrogens (primary N) is 1. The summed E-state index contributed by atoms with van der Waals surface area (Å²) in [6.45, 7) is 0. The van der Waals surface area contributed by atoms with Gasteiger partial charge >= 0.3 is 18.4 Å². The predicted molar refractivity (Wildman–Crippen MR) is 74.8 cm³/mol. The minimum absolute atomic E-state index is 0.401. The van der Waals surface area contributed by atoms with Crippen molar-refractivity contribution in [3.8, 4) is 5.69 Å². The first-order chi connectivity index (χ1) is 11.8. The van der Waals surface area contributed by atoms with Crippen LogP contribution in [0.3, 0.4) is 0 Å². The highest BCUT2D eigenvalue weighted by Crippen LogP contribution is 2.52. The molecule has 3 rings (SSSR count). The van der Waals surface area contributed by atoms with Gasteiger partial charge in [0.05, 0.1) is 21.8 Å². The molecule has 142 valence electrons. The zero-order valence-electron chi connectivity index (χ0n) is 11.9. The van der Waals surface area contributed by atoms with Crippen molar-refractivity contribution in [2.24, 2.45) is 0 Å². The number of alkyl halides is 7. The third kappa shape index (κ3) is 2.70. The highest BCUT2D eigenvalue weighted by molar-refractivity contribution is 7.56. The summed E-state index contributed by atoms with van der Waals surface area (Å²) < 4.78 is 107. The van der Waals surface area contributed by atoms with Gasteiger partial charge in [0.15, 0.2) is 4.64 Å². The van der Waals surface area contributed by atoms with Gasteiger partial charge in [-0.3, -0.25) is 5.10 Å². The second kappa shape index (κ2) is 5.50. The molecule has 0 aliphatic carbocycles. The van der Waals surface area contributed by atoms with Crippen molar-refractivity contribution in [2.75, 3.05) is 5.73 Å². The van der Waals surface area contributed by atoms with Gasteiger partial charge in [-0.25, -0.2) is 13.6 Å². The molecular weight excluding hydrogens is 419 g/mol. The highest BCUT2D eigenvalue weighted by Gasteiger charge is 2.57. The van der Waals surface area contributed by atoms with Gasteiger partial charge in [0.25, 0.3) is 0 Å². The van der Waals surface area contributed by atoms with Crippen molar-refractivity contribution in [1.29, 1.82) is 0 Å². The Hall–Kier alpha value is -1.99. The van der Waals surface area contributed by atoms with E-state index in [2.05, 4.69) is 4.74 Å². The van der Waals surface area contributed by atoms with E-state index < -0.39 is 67.5 Å². The molecule has 5 nitrogen and oxygen atoms in total. The number of hydrogen-bond donors (Lipinski definition) is 2. The van der Waals surface area contributed by atoms with E-state index in [0.717, 1.165) is 0 Å². The van der Waals surface area contributed by atoms with Gasteiger partial charge in [-0.1, -0.05) is 11.6 Å². The summed E-state index contributed by atoms with van der Waals surface area (Å²) in [5, 5.41) is 1.34. The number of halogens is 8. The van der Waals surface area contributed by atoms with Crippen molar-refractivity contribution >= 4 is 28.7 Å². The first-order valence-corrected chi connectivity index (χ1v) is 7.52. The molecule has 0 saturated heterocycles. The van der Waals surface area contributed by atoms with E-state index >= 15 is 0 Å². The monoisotopic (exact) mass is 423 g/mol. The molecule has 2 aromatic rings. The number of nitrogen functional groups attached to an aromatic ring is 1. The van der Waals surface area contributed by atoms with Crippen molar-refractivity contribution in [3.63, 3.8) is 0 Å². The molecule has 1 aromatic heterocycles. The van der Waals surface area contributed by atoms with Crippen LogP contribution in [-0.4, -0.2) is 14.0 Å². The maximum absolute atomic E-state index is 13.7. The number of aromatic amines is 1. The molecule has 0 fully saturated rings. The Labute approximate surface area is 147 Å². The number of fused-ring (bicyclic) bond motifs is 1. The van der Waals surface area contributed by atoms with Crippen LogP contribution in [0.25, 0.3) is 5.69 Å². The normalized spacial score (nSPS) is 18.0. The summed E-state index contributed by atoms with van der Waals surface area (Å²) in [5.41, 5.74) is 0.688. The van der Waals surface area contributed by atoms with E-state index in [9.17, 15) is 34.9 Å². The average molecular weight is 424 g/mol. The molecule has 0 amide bonds. The van der Waals surface area contributed by atoms with E-state index in [-0.39, 0.29) is 0 Å². The molecule has 0 unspecified atom stereocenters. The number of anilines is 1. The molecule has 2 heterocycles. The van der Waals surface area contributed by atoms with E-state index in [1.807, 2.05) is 5.10 Å². The first kappa shape index (κ1) is 18.8. The van der Waals surface area contributed by atoms with Gasteiger partial charge in [-0.2, -0.15) is 30.7 Å². The topological polar surface area (TPSA) is 73.0 Å². The van der Waals surface area contributed by atoms with E-state index in [1.165, 1.54) is 0 Å². The van der Waals surface area contributed by atoms with Gasteiger partial charge < -0.3 is 5.73 Å². The fraction of sp³-hybridized carbons (Fsp3) is 0.250. The molecule has 26 heavy (non-hydrogen) atoms. The molecular formula is C12H5ClF7N3O2S. The molecule has 14 heteroatoms. The zero-order valence-corrected chi connectivity index (χ0v) is 13.5. The number of ether oxygens (including phenoxy) is 1. The lowest BCUT2D eigenvalue weighted by Gasteiger charge is -2.13. The summed E-state index contributed by atoms with van der Waals surface area (Å²) >= 11 is 5.18. The third-order valence-electron chi connectivity index (χ3n) is 3.52. The maximum atomic E-state index is 13.7. The summed E-state index contributed by atoms with van der Waals surface area (Å²) in [6, 6.07) is 0.836. The number of nitrogens with one attached hydrogen (secondary N) is 1. The number of aromatic nitrogens is 2. The van der Waals surface area contributed by atoms with Gasteiger partial charge in [0, 0.05) is 0 Å². The fourth-order valence-corrected chi connectivity index (χ4v) is 3.14. The van der Waals surface area contributed by atoms with Gasteiger partial charge in [0.2, 0.25) is 0 Å². The third-order valence-corrected chi connectivity index (χ3v) is 4.28. The Morgan fingerprint density at radius 1 is 1.15 bits per heavy atom.